The Hall–Kier alpha value is -1.49. The van der Waals surface area contributed by atoms with Gasteiger partial charge in [0.2, 0.25) is 5.91 Å². The van der Waals surface area contributed by atoms with Crippen LogP contribution in [0.25, 0.3) is 0 Å². The molecule has 0 radical (unpaired) electrons. The highest BCUT2D eigenvalue weighted by atomic mass is 19.3. The van der Waals surface area contributed by atoms with Crippen LogP contribution in [0.4, 0.5) is 8.78 Å². The van der Waals surface area contributed by atoms with Gasteiger partial charge in [-0.15, -0.1) is 0 Å². The Morgan fingerprint density at radius 3 is 2.68 bits per heavy atom. The Balaban J connectivity index is 1.72. The molecule has 2 aliphatic rings. The van der Waals surface area contributed by atoms with Gasteiger partial charge in [-0.1, -0.05) is 37.3 Å². The number of alkyl halides is 2. The van der Waals surface area contributed by atoms with Crippen molar-refractivity contribution in [2.24, 2.45) is 0 Å². The Morgan fingerprint density at radius 2 is 2.05 bits per heavy atom. The lowest BCUT2D eigenvalue weighted by Crippen LogP contribution is -2.52. The Labute approximate surface area is 129 Å². The average Bonchev–Trinajstić information content (AvgIpc) is 2.88. The van der Waals surface area contributed by atoms with E-state index in [9.17, 15) is 13.6 Å². The molecule has 2 aliphatic heterocycles. The summed E-state index contributed by atoms with van der Waals surface area (Å²) in [4.78, 5) is 14.3. The monoisotopic (exact) mass is 308 g/mol. The Bertz CT molecular complexity index is 549. The highest BCUT2D eigenvalue weighted by Gasteiger charge is 2.45. The van der Waals surface area contributed by atoms with Gasteiger partial charge >= 0.3 is 0 Å². The fraction of sp³-hybridized carbons (Fsp3) is 0.588. The van der Waals surface area contributed by atoms with E-state index in [0.29, 0.717) is 13.1 Å². The second-order valence-corrected chi connectivity index (χ2v) is 6.78. The maximum Gasteiger partial charge on any atom is 0.262 e. The lowest BCUT2D eigenvalue weighted by molar-refractivity contribution is -0.135. The van der Waals surface area contributed by atoms with Gasteiger partial charge in [0, 0.05) is 24.9 Å². The standard InChI is InChI=1S/C17H22F2N2O/c1-16(13-6-3-2-4-7-13)8-5-9-21(12-16)15(22)14-10-17(18,19)11-20-14/h2-4,6-7,14,20H,5,8-12H2,1H3. The number of halogens is 2. The van der Waals surface area contributed by atoms with Crippen LogP contribution in [0.1, 0.15) is 31.7 Å². The third-order valence-corrected chi connectivity index (χ3v) is 4.89. The molecule has 0 aromatic heterocycles. The Morgan fingerprint density at radius 1 is 1.32 bits per heavy atom. The maximum absolute atomic E-state index is 13.3. The van der Waals surface area contributed by atoms with Crippen molar-refractivity contribution in [1.29, 1.82) is 0 Å². The van der Waals surface area contributed by atoms with E-state index in [1.165, 1.54) is 5.56 Å². The summed E-state index contributed by atoms with van der Waals surface area (Å²) in [6.07, 6.45) is 1.53. The van der Waals surface area contributed by atoms with E-state index < -0.39 is 18.5 Å². The number of carbonyl (C=O) groups excluding carboxylic acids is 1. The van der Waals surface area contributed by atoms with Crippen molar-refractivity contribution in [3.63, 3.8) is 0 Å². The van der Waals surface area contributed by atoms with Crippen molar-refractivity contribution >= 4 is 5.91 Å². The van der Waals surface area contributed by atoms with Crippen molar-refractivity contribution in [2.75, 3.05) is 19.6 Å². The molecule has 0 aliphatic carbocycles. The van der Waals surface area contributed by atoms with Crippen LogP contribution in [0.2, 0.25) is 0 Å². The molecular weight excluding hydrogens is 286 g/mol. The summed E-state index contributed by atoms with van der Waals surface area (Å²) in [5.74, 6) is -2.95. The third-order valence-electron chi connectivity index (χ3n) is 4.89. The van der Waals surface area contributed by atoms with Crippen LogP contribution in [-0.2, 0) is 10.2 Å². The maximum atomic E-state index is 13.3. The smallest absolute Gasteiger partial charge is 0.262 e. The lowest BCUT2D eigenvalue weighted by atomic mass is 9.76. The number of amides is 1. The highest BCUT2D eigenvalue weighted by molar-refractivity contribution is 5.82. The summed E-state index contributed by atoms with van der Waals surface area (Å²) < 4.78 is 26.6. The van der Waals surface area contributed by atoms with Crippen molar-refractivity contribution < 1.29 is 13.6 Å². The van der Waals surface area contributed by atoms with Gasteiger partial charge in [0.05, 0.1) is 12.6 Å². The van der Waals surface area contributed by atoms with Crippen molar-refractivity contribution in [2.45, 2.75) is 43.6 Å². The zero-order valence-corrected chi connectivity index (χ0v) is 12.8. The molecule has 3 nitrogen and oxygen atoms in total. The zero-order chi connectivity index (χ0) is 15.8. The van der Waals surface area contributed by atoms with E-state index in [0.717, 1.165) is 12.8 Å². The SMILES string of the molecule is CC1(c2ccccc2)CCCN(C(=O)C2CC(F)(F)CN2)C1. The van der Waals surface area contributed by atoms with E-state index in [1.54, 1.807) is 4.90 Å². The summed E-state index contributed by atoms with van der Waals surface area (Å²) in [6.45, 7) is 3.01. The van der Waals surface area contributed by atoms with E-state index in [4.69, 9.17) is 0 Å². The number of hydrogen-bond donors (Lipinski definition) is 1. The van der Waals surface area contributed by atoms with E-state index in [-0.39, 0.29) is 17.7 Å². The van der Waals surface area contributed by atoms with Crippen LogP contribution in [0.3, 0.4) is 0 Å². The molecule has 2 heterocycles. The molecule has 1 aromatic rings. The fourth-order valence-corrected chi connectivity index (χ4v) is 3.61. The molecule has 22 heavy (non-hydrogen) atoms. The molecule has 0 spiro atoms. The number of rotatable bonds is 2. The van der Waals surface area contributed by atoms with Crippen LogP contribution in [0, 0.1) is 0 Å². The molecule has 0 bridgehead atoms. The van der Waals surface area contributed by atoms with Crippen molar-refractivity contribution in [3.05, 3.63) is 35.9 Å². The second kappa shape index (κ2) is 5.61. The zero-order valence-electron chi connectivity index (χ0n) is 12.8. The van der Waals surface area contributed by atoms with Gasteiger partial charge in [-0.2, -0.15) is 0 Å². The minimum atomic E-state index is -2.77. The lowest BCUT2D eigenvalue weighted by Gasteiger charge is -2.41. The largest absolute Gasteiger partial charge is 0.340 e. The average molecular weight is 308 g/mol. The van der Waals surface area contributed by atoms with Crippen LogP contribution < -0.4 is 5.32 Å². The van der Waals surface area contributed by atoms with Gasteiger partial charge in [-0.3, -0.25) is 10.1 Å². The quantitative estimate of drug-likeness (QED) is 0.911. The number of hydrogen-bond acceptors (Lipinski definition) is 2. The van der Waals surface area contributed by atoms with Crippen LogP contribution in [0.15, 0.2) is 30.3 Å². The molecule has 1 aromatic carbocycles. The fourth-order valence-electron chi connectivity index (χ4n) is 3.61. The molecule has 120 valence electrons. The first-order valence-corrected chi connectivity index (χ1v) is 7.85. The first-order chi connectivity index (χ1) is 10.4. The molecule has 3 rings (SSSR count). The van der Waals surface area contributed by atoms with Gasteiger partial charge in [0.15, 0.2) is 0 Å². The molecule has 1 amide bonds. The second-order valence-electron chi connectivity index (χ2n) is 6.78. The van der Waals surface area contributed by atoms with E-state index >= 15 is 0 Å². The number of nitrogens with one attached hydrogen (secondary N) is 1. The summed E-state index contributed by atoms with van der Waals surface area (Å²) >= 11 is 0. The summed E-state index contributed by atoms with van der Waals surface area (Å²) in [7, 11) is 0. The van der Waals surface area contributed by atoms with Crippen LogP contribution in [0.5, 0.6) is 0 Å². The molecule has 0 saturated carbocycles. The minimum absolute atomic E-state index is 0.101. The molecule has 1 N–H and O–H groups in total. The third kappa shape index (κ3) is 3.00. The van der Waals surface area contributed by atoms with Gasteiger partial charge in [0.25, 0.3) is 5.92 Å². The first-order valence-electron chi connectivity index (χ1n) is 7.85. The number of piperidine rings is 1. The van der Waals surface area contributed by atoms with Gasteiger partial charge in [-0.05, 0) is 18.4 Å². The van der Waals surface area contributed by atoms with Gasteiger partial charge < -0.3 is 4.90 Å². The number of carbonyl (C=O) groups is 1. The van der Waals surface area contributed by atoms with Crippen molar-refractivity contribution in [3.8, 4) is 0 Å². The number of benzene rings is 1. The minimum Gasteiger partial charge on any atom is -0.340 e. The molecule has 5 heteroatoms. The van der Waals surface area contributed by atoms with Crippen molar-refractivity contribution in [1.82, 2.24) is 10.2 Å². The number of nitrogens with zero attached hydrogens (tertiary/aromatic N) is 1. The number of likely N-dealkylation sites (tertiary alicyclic amines) is 1. The molecule has 2 unspecified atom stereocenters. The predicted octanol–water partition coefficient (Wildman–Crippen LogP) is 2.56. The van der Waals surface area contributed by atoms with E-state index in [2.05, 4.69) is 24.4 Å². The van der Waals surface area contributed by atoms with Crippen LogP contribution in [-0.4, -0.2) is 42.4 Å². The predicted molar refractivity (Wildman–Crippen MR) is 81.0 cm³/mol. The first kappa shape index (κ1) is 15.4. The molecule has 2 saturated heterocycles. The summed E-state index contributed by atoms with van der Waals surface area (Å²) in [5.41, 5.74) is 1.10. The normalized spacial score (nSPS) is 31.2. The molecule has 2 fully saturated rings. The summed E-state index contributed by atoms with van der Waals surface area (Å²) in [5, 5.41) is 2.67. The summed E-state index contributed by atoms with van der Waals surface area (Å²) in [6, 6.07) is 9.39. The van der Waals surface area contributed by atoms with E-state index in [1.807, 2.05) is 18.2 Å². The highest BCUT2D eigenvalue weighted by Crippen LogP contribution is 2.34. The van der Waals surface area contributed by atoms with Crippen LogP contribution >= 0.6 is 0 Å². The van der Waals surface area contributed by atoms with Gasteiger partial charge in [-0.25, -0.2) is 8.78 Å². The van der Waals surface area contributed by atoms with Gasteiger partial charge in [0.1, 0.15) is 0 Å². The molecule has 2 atom stereocenters. The topological polar surface area (TPSA) is 32.3 Å². The molecular formula is C17H22F2N2O. The Kier molecular flexibility index (Phi) is 3.93.